The number of esters is 1. The van der Waals surface area contributed by atoms with Gasteiger partial charge >= 0.3 is 12.1 Å². The fraction of sp³-hybridized carbons (Fsp3) is 0.250. The zero-order valence-corrected chi connectivity index (χ0v) is 12.6. The highest BCUT2D eigenvalue weighted by Gasteiger charge is 2.43. The van der Waals surface area contributed by atoms with Gasteiger partial charge in [0, 0.05) is 30.1 Å². The number of carbonyl (C=O) groups is 2. The highest BCUT2D eigenvalue weighted by atomic mass is 19.4. The molecule has 1 atom stereocenters. The Hall–Kier alpha value is -2.81. The standard InChI is InChI=1S/C16H10F3N3O3/c17-16(18,19)15(24)25-10-6-20-5-7-1-2-8-12-9(3-4-21-14(12)23)22-13(8)11(7)10/h1-4,10,20H,5-6H2. The predicted molar refractivity (Wildman–Crippen MR) is 78.8 cm³/mol. The van der Waals surface area contributed by atoms with Gasteiger partial charge in [-0.2, -0.15) is 13.2 Å². The maximum absolute atomic E-state index is 12.6. The summed E-state index contributed by atoms with van der Waals surface area (Å²) in [6, 6.07) is 3.37. The van der Waals surface area contributed by atoms with Crippen molar-refractivity contribution in [1.29, 1.82) is 0 Å². The smallest absolute Gasteiger partial charge is 0.449 e. The van der Waals surface area contributed by atoms with Crippen molar-refractivity contribution in [3.8, 4) is 0 Å². The Morgan fingerprint density at radius 1 is 1.32 bits per heavy atom. The van der Waals surface area contributed by atoms with Crippen molar-refractivity contribution in [1.82, 2.24) is 5.32 Å². The Bertz CT molecular complexity index is 992. The lowest BCUT2D eigenvalue weighted by atomic mass is 9.96. The Balaban J connectivity index is 1.88. The Labute approximate surface area is 138 Å². The molecule has 0 radical (unpaired) electrons. The Kier molecular flexibility index (Phi) is 3.36. The van der Waals surface area contributed by atoms with Gasteiger partial charge in [0.25, 0.3) is 5.91 Å². The van der Waals surface area contributed by atoms with Crippen molar-refractivity contribution in [3.63, 3.8) is 0 Å². The van der Waals surface area contributed by atoms with E-state index in [9.17, 15) is 22.8 Å². The molecular weight excluding hydrogens is 339 g/mol. The van der Waals surface area contributed by atoms with Gasteiger partial charge in [0.2, 0.25) is 0 Å². The summed E-state index contributed by atoms with van der Waals surface area (Å²) in [4.78, 5) is 31.3. The summed E-state index contributed by atoms with van der Waals surface area (Å²) >= 11 is 0. The number of hydrogen-bond donors (Lipinski definition) is 1. The van der Waals surface area contributed by atoms with Crippen LogP contribution < -0.4 is 15.9 Å². The van der Waals surface area contributed by atoms with E-state index in [4.69, 9.17) is 0 Å². The van der Waals surface area contributed by atoms with Gasteiger partial charge in [-0.3, -0.25) is 4.79 Å². The number of dihydropyridines is 1. The van der Waals surface area contributed by atoms with Gasteiger partial charge in [0.15, 0.2) is 0 Å². The fourth-order valence-electron chi connectivity index (χ4n) is 3.12. The number of halogens is 3. The number of rotatable bonds is 1. The van der Waals surface area contributed by atoms with Crippen LogP contribution in [0.5, 0.6) is 0 Å². The topological polar surface area (TPSA) is 80.1 Å². The van der Waals surface area contributed by atoms with E-state index in [2.05, 4.69) is 20.0 Å². The number of carbonyl (C=O) groups excluding carboxylic acids is 2. The average Bonchev–Trinajstić information content (AvgIpc) is 2.94. The third-order valence-electron chi connectivity index (χ3n) is 4.15. The summed E-state index contributed by atoms with van der Waals surface area (Å²) in [5.41, 5.74) is 1.77. The van der Waals surface area contributed by atoms with Crippen LogP contribution in [0.1, 0.15) is 17.2 Å². The van der Waals surface area contributed by atoms with Crippen LogP contribution in [0.4, 0.5) is 13.2 Å². The van der Waals surface area contributed by atoms with Crippen molar-refractivity contribution in [2.75, 3.05) is 6.54 Å². The highest BCUT2D eigenvalue weighted by molar-refractivity contribution is 6.24. The molecule has 9 heteroatoms. The summed E-state index contributed by atoms with van der Waals surface area (Å²) in [6.45, 7) is 0.427. The second kappa shape index (κ2) is 5.35. The van der Waals surface area contributed by atoms with E-state index < -0.39 is 24.2 Å². The van der Waals surface area contributed by atoms with Crippen molar-refractivity contribution in [2.45, 2.75) is 18.8 Å². The molecule has 0 saturated carbocycles. The maximum Gasteiger partial charge on any atom is 0.490 e. The lowest BCUT2D eigenvalue weighted by Gasteiger charge is -2.26. The van der Waals surface area contributed by atoms with Crippen molar-refractivity contribution < 1.29 is 27.5 Å². The first kappa shape index (κ1) is 15.7. The van der Waals surface area contributed by atoms with Crippen molar-refractivity contribution in [3.05, 3.63) is 45.6 Å². The van der Waals surface area contributed by atoms with Gasteiger partial charge in [0.05, 0.1) is 16.6 Å². The lowest BCUT2D eigenvalue weighted by molar-refractivity contribution is -0.205. The highest BCUT2D eigenvalue weighted by Crippen LogP contribution is 2.27. The Morgan fingerprint density at radius 3 is 2.88 bits per heavy atom. The minimum absolute atomic E-state index is 0.0274. The summed E-state index contributed by atoms with van der Waals surface area (Å²) in [7, 11) is 0. The van der Waals surface area contributed by atoms with E-state index in [0.717, 1.165) is 0 Å². The van der Waals surface area contributed by atoms with Crippen LogP contribution in [0.15, 0.2) is 33.9 Å². The lowest BCUT2D eigenvalue weighted by Crippen LogP contribution is -2.41. The number of ether oxygens (including phenoxy) is 1. The molecule has 0 aromatic heterocycles. The zero-order valence-electron chi connectivity index (χ0n) is 12.6. The molecular formula is C16H10F3N3O3. The van der Waals surface area contributed by atoms with E-state index in [1.165, 1.54) is 6.21 Å². The molecule has 1 aromatic rings. The summed E-state index contributed by atoms with van der Waals surface area (Å²) in [6.07, 6.45) is -3.34. The van der Waals surface area contributed by atoms with E-state index in [-0.39, 0.29) is 6.54 Å². The van der Waals surface area contributed by atoms with Gasteiger partial charge in [-0.05, 0) is 11.6 Å². The summed E-state index contributed by atoms with van der Waals surface area (Å²) in [5, 5.41) is 3.76. The minimum Gasteiger partial charge on any atom is -0.449 e. The Morgan fingerprint density at radius 2 is 2.12 bits per heavy atom. The molecule has 25 heavy (non-hydrogen) atoms. The molecule has 128 valence electrons. The van der Waals surface area contributed by atoms with Crippen LogP contribution in [0, 0.1) is 0 Å². The number of amides is 1. The molecule has 1 N–H and O–H groups in total. The van der Waals surface area contributed by atoms with Gasteiger partial charge in [-0.25, -0.2) is 14.8 Å². The van der Waals surface area contributed by atoms with Crippen LogP contribution in [-0.4, -0.2) is 30.8 Å². The summed E-state index contributed by atoms with van der Waals surface area (Å²) in [5.74, 6) is -2.72. The molecule has 6 nitrogen and oxygen atoms in total. The number of hydrogen-bond acceptors (Lipinski definition) is 5. The number of benzene rings is 1. The van der Waals surface area contributed by atoms with Gasteiger partial charge < -0.3 is 10.1 Å². The average molecular weight is 349 g/mol. The molecule has 1 aromatic carbocycles. The van der Waals surface area contributed by atoms with Crippen LogP contribution >= 0.6 is 0 Å². The summed E-state index contributed by atoms with van der Waals surface area (Å²) < 4.78 is 42.3. The number of fused-ring (bicyclic) bond motifs is 4. The molecule has 0 bridgehead atoms. The van der Waals surface area contributed by atoms with Gasteiger partial charge in [-0.1, -0.05) is 12.1 Å². The van der Waals surface area contributed by atoms with Crippen LogP contribution in [-0.2, 0) is 20.9 Å². The zero-order chi connectivity index (χ0) is 17.8. The van der Waals surface area contributed by atoms with E-state index in [1.54, 1.807) is 18.2 Å². The minimum atomic E-state index is -5.08. The second-order valence-corrected chi connectivity index (χ2v) is 5.68. The van der Waals surface area contributed by atoms with Crippen LogP contribution in [0.3, 0.4) is 0 Å². The van der Waals surface area contributed by atoms with E-state index >= 15 is 0 Å². The van der Waals surface area contributed by atoms with Gasteiger partial charge in [-0.15, -0.1) is 0 Å². The largest absolute Gasteiger partial charge is 0.490 e. The molecule has 1 amide bonds. The number of nitrogens with zero attached hydrogens (tertiary/aromatic N) is 2. The number of aliphatic imine (C=N–C) groups is 1. The number of allylic oxidation sites excluding steroid dienone is 1. The van der Waals surface area contributed by atoms with Crippen molar-refractivity contribution in [2.24, 2.45) is 9.98 Å². The normalized spacial score (nSPS) is 21.1. The maximum atomic E-state index is 12.6. The first-order valence-corrected chi connectivity index (χ1v) is 7.38. The predicted octanol–water partition coefficient (Wildman–Crippen LogP) is 0.215. The molecule has 4 rings (SSSR count). The molecule has 3 heterocycles. The first-order valence-electron chi connectivity index (χ1n) is 7.38. The van der Waals surface area contributed by atoms with Gasteiger partial charge in [0.1, 0.15) is 6.10 Å². The number of nitrogens with one attached hydrogen (secondary N) is 1. The molecule has 0 fully saturated rings. The molecule has 1 unspecified atom stereocenters. The molecule has 3 aliphatic heterocycles. The fourth-order valence-corrected chi connectivity index (χ4v) is 3.12. The SMILES string of the molecule is O=C1N=CC=C2N=c3c4c(ccc3=C12)CNCC4OC(=O)C(F)(F)F. The molecule has 0 saturated heterocycles. The second-order valence-electron chi connectivity index (χ2n) is 5.68. The van der Waals surface area contributed by atoms with Crippen molar-refractivity contribution >= 4 is 23.7 Å². The van der Waals surface area contributed by atoms with Crippen LogP contribution in [0.2, 0.25) is 0 Å². The third-order valence-corrected chi connectivity index (χ3v) is 4.15. The first-order chi connectivity index (χ1) is 11.9. The van der Waals surface area contributed by atoms with Crippen LogP contribution in [0.25, 0.3) is 5.57 Å². The van der Waals surface area contributed by atoms with E-state index in [0.29, 0.717) is 39.5 Å². The molecule has 3 aliphatic rings. The third kappa shape index (κ3) is 2.47. The van der Waals surface area contributed by atoms with E-state index in [1.807, 2.05) is 0 Å². The molecule has 0 spiro atoms. The quantitative estimate of drug-likeness (QED) is 0.736. The molecule has 0 aliphatic carbocycles. The monoisotopic (exact) mass is 349 g/mol. The number of alkyl halides is 3.